The molecule has 1 atom stereocenters. The molecular formula is C10H16N2O6S. The number of carbonyl (C=O) groups excluding carboxylic acids is 1. The number of ether oxygens (including phenoxy) is 1. The molecule has 2 rings (SSSR count). The number of carbonyl (C=O) groups is 2. The minimum absolute atomic E-state index is 0.0692. The number of nitrogens with zero attached hydrogens (tertiary/aromatic N) is 1. The van der Waals surface area contributed by atoms with Gasteiger partial charge in [0, 0.05) is 26.1 Å². The Morgan fingerprint density at radius 2 is 1.89 bits per heavy atom. The largest absolute Gasteiger partial charge is 0.479 e. The minimum Gasteiger partial charge on any atom is -0.479 e. The van der Waals surface area contributed by atoms with Gasteiger partial charge in [-0.25, -0.2) is 18.0 Å². The Morgan fingerprint density at radius 3 is 2.37 bits per heavy atom. The Kier molecular flexibility index (Phi) is 3.68. The summed E-state index contributed by atoms with van der Waals surface area (Å²) in [7, 11) is -3.07. The molecule has 108 valence electrons. The maximum absolute atomic E-state index is 12.0. The molecule has 0 spiro atoms. The van der Waals surface area contributed by atoms with Crippen LogP contribution in [-0.2, 0) is 19.4 Å². The van der Waals surface area contributed by atoms with E-state index >= 15 is 0 Å². The van der Waals surface area contributed by atoms with Crippen LogP contribution in [0.25, 0.3) is 0 Å². The molecule has 0 aliphatic carbocycles. The average Bonchev–Trinajstić information content (AvgIpc) is 2.78. The lowest BCUT2D eigenvalue weighted by Gasteiger charge is -2.31. The number of hydrogen-bond acceptors (Lipinski definition) is 5. The van der Waals surface area contributed by atoms with Crippen LogP contribution in [0.4, 0.5) is 4.79 Å². The first-order valence-electron chi connectivity index (χ1n) is 5.93. The van der Waals surface area contributed by atoms with Gasteiger partial charge in [-0.2, -0.15) is 0 Å². The Hall–Kier alpha value is -1.35. The van der Waals surface area contributed by atoms with Gasteiger partial charge in [-0.3, -0.25) is 0 Å². The van der Waals surface area contributed by atoms with Crippen molar-refractivity contribution >= 4 is 21.8 Å². The van der Waals surface area contributed by atoms with E-state index in [9.17, 15) is 23.1 Å². The molecule has 2 amide bonds. The maximum atomic E-state index is 12.0. The highest BCUT2D eigenvalue weighted by Crippen LogP contribution is 2.19. The van der Waals surface area contributed by atoms with Gasteiger partial charge in [0.2, 0.25) is 0 Å². The summed E-state index contributed by atoms with van der Waals surface area (Å²) in [4.78, 5) is 24.5. The van der Waals surface area contributed by atoms with Gasteiger partial charge in [-0.05, 0) is 0 Å². The van der Waals surface area contributed by atoms with Crippen molar-refractivity contribution < 1.29 is 27.9 Å². The summed E-state index contributed by atoms with van der Waals surface area (Å²) >= 11 is 0. The van der Waals surface area contributed by atoms with Crippen molar-refractivity contribution in [2.24, 2.45) is 0 Å². The normalized spacial score (nSPS) is 30.0. The molecule has 0 bridgehead atoms. The van der Waals surface area contributed by atoms with E-state index in [1.165, 1.54) is 4.90 Å². The van der Waals surface area contributed by atoms with Crippen molar-refractivity contribution in [2.75, 3.05) is 37.8 Å². The van der Waals surface area contributed by atoms with Crippen molar-refractivity contribution in [3.63, 3.8) is 0 Å². The Labute approximate surface area is 110 Å². The lowest BCUT2D eigenvalue weighted by molar-refractivity contribution is -0.144. The van der Waals surface area contributed by atoms with Gasteiger partial charge in [0.1, 0.15) is 0 Å². The topological polar surface area (TPSA) is 113 Å². The van der Waals surface area contributed by atoms with Crippen LogP contribution in [0.1, 0.15) is 6.42 Å². The molecule has 8 nitrogen and oxygen atoms in total. The zero-order valence-electron chi connectivity index (χ0n) is 10.3. The van der Waals surface area contributed by atoms with Crippen LogP contribution in [0.3, 0.4) is 0 Å². The van der Waals surface area contributed by atoms with Gasteiger partial charge in [-0.15, -0.1) is 0 Å². The number of rotatable bonds is 2. The monoisotopic (exact) mass is 292 g/mol. The number of urea groups is 1. The summed E-state index contributed by atoms with van der Waals surface area (Å²) in [6.07, 6.45) is 0.209. The zero-order chi connectivity index (χ0) is 14.1. The molecule has 0 aromatic carbocycles. The highest BCUT2D eigenvalue weighted by molar-refractivity contribution is 7.91. The number of sulfone groups is 1. The zero-order valence-corrected chi connectivity index (χ0v) is 11.1. The van der Waals surface area contributed by atoms with Crippen molar-refractivity contribution in [2.45, 2.75) is 12.0 Å². The average molecular weight is 292 g/mol. The summed E-state index contributed by atoms with van der Waals surface area (Å²) in [5.74, 6) is -1.31. The molecule has 2 fully saturated rings. The van der Waals surface area contributed by atoms with E-state index in [0.29, 0.717) is 0 Å². The first kappa shape index (κ1) is 14.1. The van der Waals surface area contributed by atoms with Gasteiger partial charge >= 0.3 is 12.0 Å². The Morgan fingerprint density at radius 1 is 1.26 bits per heavy atom. The van der Waals surface area contributed by atoms with Crippen LogP contribution in [0, 0.1) is 0 Å². The highest BCUT2D eigenvalue weighted by atomic mass is 32.2. The predicted octanol–water partition coefficient (Wildman–Crippen LogP) is -1.33. The van der Waals surface area contributed by atoms with E-state index in [1.54, 1.807) is 0 Å². The van der Waals surface area contributed by atoms with E-state index < -0.39 is 27.4 Å². The summed E-state index contributed by atoms with van der Waals surface area (Å²) in [6, 6.07) is -0.553. The second kappa shape index (κ2) is 4.97. The highest BCUT2D eigenvalue weighted by Gasteiger charge is 2.45. The summed E-state index contributed by atoms with van der Waals surface area (Å²) in [5, 5.41) is 11.6. The molecule has 2 saturated heterocycles. The molecule has 2 aliphatic heterocycles. The number of hydrogen-bond donors (Lipinski definition) is 2. The van der Waals surface area contributed by atoms with E-state index in [2.05, 4.69) is 5.32 Å². The van der Waals surface area contributed by atoms with E-state index in [4.69, 9.17) is 4.74 Å². The molecule has 9 heteroatoms. The number of aliphatic carboxylic acids is 1. The van der Waals surface area contributed by atoms with Crippen LogP contribution < -0.4 is 5.32 Å². The molecule has 0 aromatic heterocycles. The van der Waals surface area contributed by atoms with Crippen LogP contribution in [0.2, 0.25) is 0 Å². The molecule has 2 heterocycles. The molecule has 0 saturated carbocycles. The number of amides is 2. The first-order chi connectivity index (χ1) is 8.85. The smallest absolute Gasteiger partial charge is 0.332 e. The van der Waals surface area contributed by atoms with Gasteiger partial charge in [0.15, 0.2) is 15.4 Å². The van der Waals surface area contributed by atoms with Crippen molar-refractivity contribution in [1.29, 1.82) is 0 Å². The fourth-order valence-electron chi connectivity index (χ4n) is 2.08. The SMILES string of the molecule is O=C(NC1(C(=O)O)CCOC1)N1CCS(=O)(=O)CC1. The third kappa shape index (κ3) is 2.98. The Bertz CT molecular complexity index is 468. The predicted molar refractivity (Wildman–Crippen MR) is 64.6 cm³/mol. The molecule has 1 unspecified atom stereocenters. The lowest BCUT2D eigenvalue weighted by Crippen LogP contribution is -2.60. The van der Waals surface area contributed by atoms with E-state index in [0.717, 1.165) is 0 Å². The fraction of sp³-hybridized carbons (Fsp3) is 0.800. The quantitative estimate of drug-likeness (QED) is 0.652. The van der Waals surface area contributed by atoms with Gasteiger partial charge in [0.05, 0.1) is 18.1 Å². The standard InChI is InChI=1S/C10H16N2O6S/c13-8(14)10(1-4-18-7-10)11-9(15)12-2-5-19(16,17)6-3-12/h1-7H2,(H,11,15)(H,13,14). The third-order valence-electron chi connectivity index (χ3n) is 3.41. The molecule has 19 heavy (non-hydrogen) atoms. The van der Waals surface area contributed by atoms with Crippen LogP contribution in [0.15, 0.2) is 0 Å². The summed E-state index contributed by atoms with van der Waals surface area (Å²) in [5.41, 5.74) is -1.40. The Balaban J connectivity index is 1.99. The van der Waals surface area contributed by atoms with E-state index in [1.807, 2.05) is 0 Å². The number of carboxylic acids is 1. The summed E-state index contributed by atoms with van der Waals surface area (Å²) in [6.45, 7) is 0.386. The van der Waals surface area contributed by atoms with E-state index in [-0.39, 0.29) is 44.2 Å². The second-order valence-electron chi connectivity index (χ2n) is 4.76. The summed E-state index contributed by atoms with van der Waals surface area (Å²) < 4.78 is 27.6. The molecule has 2 N–H and O–H groups in total. The van der Waals surface area contributed by atoms with Crippen LogP contribution >= 0.6 is 0 Å². The van der Waals surface area contributed by atoms with Crippen molar-refractivity contribution in [3.8, 4) is 0 Å². The molecule has 0 radical (unpaired) electrons. The second-order valence-corrected chi connectivity index (χ2v) is 7.06. The first-order valence-corrected chi connectivity index (χ1v) is 7.75. The molecule has 2 aliphatic rings. The lowest BCUT2D eigenvalue weighted by atomic mass is 9.99. The molecular weight excluding hydrogens is 276 g/mol. The van der Waals surface area contributed by atoms with Gasteiger partial charge < -0.3 is 20.1 Å². The minimum atomic E-state index is -3.07. The van der Waals surface area contributed by atoms with Crippen molar-refractivity contribution in [3.05, 3.63) is 0 Å². The van der Waals surface area contributed by atoms with Crippen molar-refractivity contribution in [1.82, 2.24) is 10.2 Å². The van der Waals surface area contributed by atoms with Gasteiger partial charge in [0.25, 0.3) is 0 Å². The molecule has 0 aromatic rings. The van der Waals surface area contributed by atoms with Crippen LogP contribution in [-0.4, -0.2) is 73.8 Å². The maximum Gasteiger partial charge on any atom is 0.332 e. The number of nitrogens with one attached hydrogen (secondary N) is 1. The number of carboxylic acid groups (broad SMARTS) is 1. The fourth-order valence-corrected chi connectivity index (χ4v) is 3.29. The van der Waals surface area contributed by atoms with Gasteiger partial charge in [-0.1, -0.05) is 0 Å². The third-order valence-corrected chi connectivity index (χ3v) is 5.02. The van der Waals surface area contributed by atoms with Crippen LogP contribution in [0.5, 0.6) is 0 Å².